The van der Waals surface area contributed by atoms with E-state index in [1.165, 1.54) is 0 Å². The fraction of sp³-hybridized carbons (Fsp3) is 0.600. The zero-order valence-corrected chi connectivity index (χ0v) is 12.4. The number of piperazine rings is 1. The quantitative estimate of drug-likeness (QED) is 0.867. The van der Waals surface area contributed by atoms with Gasteiger partial charge in [-0.15, -0.1) is 0 Å². The number of nitrogens with one attached hydrogen (secondary N) is 1. The van der Waals surface area contributed by atoms with Gasteiger partial charge in [-0.2, -0.15) is 0 Å². The molecule has 1 N–H and O–H groups in total. The summed E-state index contributed by atoms with van der Waals surface area (Å²) >= 11 is 0. The van der Waals surface area contributed by atoms with E-state index in [1.54, 1.807) is 13.3 Å². The Labute approximate surface area is 125 Å². The van der Waals surface area contributed by atoms with Crippen LogP contribution in [0.25, 0.3) is 0 Å². The smallest absolute Gasteiger partial charge is 0.220 e. The molecule has 114 valence electrons. The van der Waals surface area contributed by atoms with Crippen LogP contribution < -0.4 is 15.0 Å². The third-order valence-corrected chi connectivity index (χ3v) is 4.25. The Balaban J connectivity index is 1.51. The van der Waals surface area contributed by atoms with Gasteiger partial charge in [0.25, 0.3) is 0 Å². The molecule has 1 unspecified atom stereocenters. The van der Waals surface area contributed by atoms with Crippen LogP contribution >= 0.6 is 0 Å². The van der Waals surface area contributed by atoms with E-state index in [-0.39, 0.29) is 5.91 Å². The van der Waals surface area contributed by atoms with Crippen LogP contribution in [0, 0.1) is 5.92 Å². The van der Waals surface area contributed by atoms with Crippen molar-refractivity contribution in [3.8, 4) is 5.75 Å². The molecular weight excluding hydrogens is 268 g/mol. The van der Waals surface area contributed by atoms with E-state index in [0.717, 1.165) is 50.7 Å². The summed E-state index contributed by atoms with van der Waals surface area (Å²) in [5, 5.41) is 2.91. The van der Waals surface area contributed by atoms with Crippen LogP contribution in [-0.4, -0.2) is 62.2 Å². The van der Waals surface area contributed by atoms with Crippen LogP contribution in [0.5, 0.6) is 5.75 Å². The van der Waals surface area contributed by atoms with Gasteiger partial charge in [0.1, 0.15) is 5.75 Å². The van der Waals surface area contributed by atoms with Crippen molar-refractivity contribution >= 4 is 11.6 Å². The van der Waals surface area contributed by atoms with E-state index < -0.39 is 0 Å². The van der Waals surface area contributed by atoms with E-state index in [0.29, 0.717) is 12.3 Å². The minimum Gasteiger partial charge on any atom is -0.495 e. The molecule has 0 bridgehead atoms. The fourth-order valence-electron chi connectivity index (χ4n) is 3.04. The van der Waals surface area contributed by atoms with Crippen LogP contribution in [0.1, 0.15) is 6.42 Å². The highest BCUT2D eigenvalue weighted by Crippen LogP contribution is 2.21. The van der Waals surface area contributed by atoms with Crippen molar-refractivity contribution in [1.29, 1.82) is 0 Å². The number of hydrogen-bond donors (Lipinski definition) is 1. The van der Waals surface area contributed by atoms with Crippen LogP contribution in [0.3, 0.4) is 0 Å². The molecule has 2 aliphatic rings. The topological polar surface area (TPSA) is 57.7 Å². The lowest BCUT2D eigenvalue weighted by Crippen LogP contribution is -2.48. The number of methoxy groups -OCH3 is 1. The highest BCUT2D eigenvalue weighted by Gasteiger charge is 2.25. The molecule has 0 aliphatic carbocycles. The van der Waals surface area contributed by atoms with Crippen molar-refractivity contribution < 1.29 is 9.53 Å². The minimum atomic E-state index is 0.195. The van der Waals surface area contributed by atoms with Crippen molar-refractivity contribution in [3.63, 3.8) is 0 Å². The monoisotopic (exact) mass is 290 g/mol. The van der Waals surface area contributed by atoms with Gasteiger partial charge in [0, 0.05) is 51.8 Å². The van der Waals surface area contributed by atoms with Crippen LogP contribution in [-0.2, 0) is 4.79 Å². The molecule has 1 aromatic rings. The number of carbonyl (C=O) groups excluding carboxylic acids is 1. The first kappa shape index (κ1) is 14.1. The molecule has 3 heterocycles. The van der Waals surface area contributed by atoms with Crippen LogP contribution in [0.4, 0.5) is 5.69 Å². The molecule has 21 heavy (non-hydrogen) atoms. The number of ether oxygens (including phenoxy) is 1. The van der Waals surface area contributed by atoms with Gasteiger partial charge in [0.2, 0.25) is 5.91 Å². The van der Waals surface area contributed by atoms with Crippen LogP contribution in [0.2, 0.25) is 0 Å². The van der Waals surface area contributed by atoms with Gasteiger partial charge >= 0.3 is 0 Å². The van der Waals surface area contributed by atoms with Gasteiger partial charge < -0.3 is 15.0 Å². The van der Waals surface area contributed by atoms with Gasteiger partial charge in [-0.25, -0.2) is 0 Å². The standard InChI is InChI=1S/C15H22N4O2/c1-21-14-7-13(9-16-10-14)19-4-2-18(3-5-19)11-12-6-15(20)17-8-12/h7,9-10,12H,2-6,8,11H2,1H3,(H,17,20). The van der Waals surface area contributed by atoms with Crippen molar-refractivity contribution in [1.82, 2.24) is 15.2 Å². The molecule has 0 radical (unpaired) electrons. The lowest BCUT2D eigenvalue weighted by atomic mass is 10.1. The van der Waals surface area contributed by atoms with Gasteiger partial charge in [-0.3, -0.25) is 14.7 Å². The summed E-state index contributed by atoms with van der Waals surface area (Å²) in [6, 6.07) is 2.03. The Morgan fingerprint density at radius 2 is 2.14 bits per heavy atom. The maximum Gasteiger partial charge on any atom is 0.220 e. The Morgan fingerprint density at radius 1 is 1.33 bits per heavy atom. The molecule has 2 fully saturated rings. The highest BCUT2D eigenvalue weighted by molar-refractivity contribution is 5.78. The second kappa shape index (κ2) is 6.30. The average molecular weight is 290 g/mol. The summed E-state index contributed by atoms with van der Waals surface area (Å²) in [7, 11) is 1.66. The number of hydrogen-bond acceptors (Lipinski definition) is 5. The van der Waals surface area contributed by atoms with Gasteiger partial charge in [0.15, 0.2) is 0 Å². The molecule has 1 atom stereocenters. The Bertz CT molecular complexity index is 500. The Kier molecular flexibility index (Phi) is 4.24. The van der Waals surface area contributed by atoms with E-state index in [4.69, 9.17) is 4.74 Å². The number of anilines is 1. The predicted octanol–water partition coefficient (Wildman–Crippen LogP) is 0.348. The van der Waals surface area contributed by atoms with Gasteiger partial charge in [0.05, 0.1) is 25.2 Å². The SMILES string of the molecule is COc1cncc(N2CCN(CC3CNC(=O)C3)CC2)c1. The molecular formula is C15H22N4O2. The first-order valence-electron chi connectivity index (χ1n) is 7.47. The third kappa shape index (κ3) is 3.44. The summed E-state index contributed by atoms with van der Waals surface area (Å²) in [5.74, 6) is 1.47. The molecule has 1 amide bonds. The molecule has 2 aliphatic heterocycles. The van der Waals surface area contributed by atoms with Crippen LogP contribution in [0.15, 0.2) is 18.5 Å². The molecule has 6 nitrogen and oxygen atoms in total. The Hall–Kier alpha value is -1.82. The van der Waals surface area contributed by atoms with Gasteiger partial charge in [-0.05, 0) is 5.92 Å². The van der Waals surface area contributed by atoms with Crippen molar-refractivity contribution in [2.45, 2.75) is 6.42 Å². The first-order valence-corrected chi connectivity index (χ1v) is 7.47. The average Bonchev–Trinajstić information content (AvgIpc) is 2.93. The maximum atomic E-state index is 11.2. The molecule has 0 aromatic carbocycles. The largest absolute Gasteiger partial charge is 0.495 e. The number of aromatic nitrogens is 1. The maximum absolute atomic E-state index is 11.2. The van der Waals surface area contributed by atoms with Crippen molar-refractivity contribution in [3.05, 3.63) is 18.5 Å². The highest BCUT2D eigenvalue weighted by atomic mass is 16.5. The zero-order valence-electron chi connectivity index (χ0n) is 12.4. The minimum absolute atomic E-state index is 0.195. The molecule has 2 saturated heterocycles. The number of nitrogens with zero attached hydrogens (tertiary/aromatic N) is 3. The third-order valence-electron chi connectivity index (χ3n) is 4.25. The van der Waals surface area contributed by atoms with Crippen molar-refractivity contribution in [2.75, 3.05) is 51.3 Å². The molecule has 6 heteroatoms. The molecule has 0 spiro atoms. The normalized spacial score (nSPS) is 23.2. The number of amides is 1. The van der Waals surface area contributed by atoms with Crippen molar-refractivity contribution in [2.24, 2.45) is 5.92 Å². The van der Waals surface area contributed by atoms with E-state index in [1.807, 2.05) is 12.3 Å². The predicted molar refractivity (Wildman–Crippen MR) is 80.6 cm³/mol. The second-order valence-electron chi connectivity index (χ2n) is 5.74. The van der Waals surface area contributed by atoms with E-state index in [9.17, 15) is 4.79 Å². The fourth-order valence-corrected chi connectivity index (χ4v) is 3.04. The van der Waals surface area contributed by atoms with E-state index >= 15 is 0 Å². The number of rotatable bonds is 4. The first-order chi connectivity index (χ1) is 10.2. The summed E-state index contributed by atoms with van der Waals surface area (Å²) in [6.45, 7) is 5.89. The summed E-state index contributed by atoms with van der Waals surface area (Å²) in [6.07, 6.45) is 4.29. The summed E-state index contributed by atoms with van der Waals surface area (Å²) < 4.78 is 5.23. The number of pyridine rings is 1. The zero-order chi connectivity index (χ0) is 14.7. The Morgan fingerprint density at radius 3 is 2.81 bits per heavy atom. The van der Waals surface area contributed by atoms with E-state index in [2.05, 4.69) is 20.1 Å². The molecule has 3 rings (SSSR count). The molecule has 1 aromatic heterocycles. The molecule has 0 saturated carbocycles. The summed E-state index contributed by atoms with van der Waals surface area (Å²) in [5.41, 5.74) is 1.12. The lowest BCUT2D eigenvalue weighted by molar-refractivity contribution is -0.119. The van der Waals surface area contributed by atoms with Gasteiger partial charge in [-0.1, -0.05) is 0 Å². The number of carbonyl (C=O) groups is 1. The second-order valence-corrected chi connectivity index (χ2v) is 5.74. The lowest BCUT2D eigenvalue weighted by Gasteiger charge is -2.36. The summed E-state index contributed by atoms with van der Waals surface area (Å²) in [4.78, 5) is 20.2.